The molecule has 0 fully saturated rings. The van der Waals surface area contributed by atoms with E-state index in [1.54, 1.807) is 27.0 Å². The van der Waals surface area contributed by atoms with Crippen molar-refractivity contribution in [3.8, 4) is 5.75 Å². The first-order chi connectivity index (χ1) is 7.79. The lowest BCUT2D eigenvalue weighted by Crippen LogP contribution is -2.26. The van der Waals surface area contributed by atoms with Crippen molar-refractivity contribution in [1.82, 2.24) is 0 Å². The highest BCUT2D eigenvalue weighted by Gasteiger charge is 2.30. The molecular formula is C13H17ClO3. The van der Waals surface area contributed by atoms with Crippen molar-refractivity contribution < 1.29 is 14.6 Å². The van der Waals surface area contributed by atoms with Crippen LogP contribution in [0.5, 0.6) is 5.75 Å². The van der Waals surface area contributed by atoms with Crippen LogP contribution in [-0.4, -0.2) is 18.2 Å². The number of ether oxygens (including phenoxy) is 1. The van der Waals surface area contributed by atoms with Crippen molar-refractivity contribution in [2.24, 2.45) is 5.41 Å². The molecule has 1 N–H and O–H groups in total. The Morgan fingerprint density at radius 1 is 1.47 bits per heavy atom. The van der Waals surface area contributed by atoms with Crippen LogP contribution < -0.4 is 4.74 Å². The first-order valence-corrected chi connectivity index (χ1v) is 5.72. The van der Waals surface area contributed by atoms with Crippen molar-refractivity contribution in [2.45, 2.75) is 27.2 Å². The van der Waals surface area contributed by atoms with Crippen molar-refractivity contribution in [1.29, 1.82) is 0 Å². The van der Waals surface area contributed by atoms with Crippen molar-refractivity contribution in [3.63, 3.8) is 0 Å². The van der Waals surface area contributed by atoms with Gasteiger partial charge in [0.1, 0.15) is 5.75 Å². The van der Waals surface area contributed by atoms with E-state index in [-0.39, 0.29) is 0 Å². The van der Waals surface area contributed by atoms with Gasteiger partial charge in [-0.15, -0.1) is 0 Å². The van der Waals surface area contributed by atoms with Gasteiger partial charge in [0.15, 0.2) is 0 Å². The number of methoxy groups -OCH3 is 1. The maximum atomic E-state index is 11.1. The standard InChI is InChI=1S/C13H17ClO3/c1-8-5-6-10(14)9(11(8)17-4)7-13(2,3)12(15)16/h5-6H,7H2,1-4H3,(H,15,16). The van der Waals surface area contributed by atoms with Crippen LogP contribution in [0.3, 0.4) is 0 Å². The Balaban J connectivity index is 3.22. The van der Waals surface area contributed by atoms with E-state index in [2.05, 4.69) is 0 Å². The van der Waals surface area contributed by atoms with Gasteiger partial charge in [-0.25, -0.2) is 0 Å². The second-order valence-electron chi connectivity index (χ2n) is 4.74. The Bertz CT molecular complexity index is 439. The lowest BCUT2D eigenvalue weighted by atomic mass is 9.85. The van der Waals surface area contributed by atoms with Gasteiger partial charge in [0.25, 0.3) is 0 Å². The zero-order valence-corrected chi connectivity index (χ0v) is 11.3. The van der Waals surface area contributed by atoms with E-state index in [9.17, 15) is 4.79 Å². The molecule has 17 heavy (non-hydrogen) atoms. The fourth-order valence-electron chi connectivity index (χ4n) is 1.69. The van der Waals surface area contributed by atoms with Crippen LogP contribution >= 0.6 is 11.6 Å². The average molecular weight is 257 g/mol. The van der Waals surface area contributed by atoms with E-state index in [0.717, 1.165) is 11.1 Å². The monoisotopic (exact) mass is 256 g/mol. The molecule has 0 radical (unpaired) electrons. The summed E-state index contributed by atoms with van der Waals surface area (Å²) in [6.45, 7) is 5.26. The fraction of sp³-hybridized carbons (Fsp3) is 0.462. The maximum Gasteiger partial charge on any atom is 0.309 e. The number of benzene rings is 1. The number of carboxylic acid groups (broad SMARTS) is 1. The average Bonchev–Trinajstić information content (AvgIpc) is 2.23. The molecule has 0 heterocycles. The van der Waals surface area contributed by atoms with Crippen molar-refractivity contribution in [3.05, 3.63) is 28.3 Å². The Morgan fingerprint density at radius 3 is 2.53 bits per heavy atom. The fourth-order valence-corrected chi connectivity index (χ4v) is 1.90. The summed E-state index contributed by atoms with van der Waals surface area (Å²) >= 11 is 6.12. The Kier molecular flexibility index (Phi) is 4.04. The number of hydrogen-bond acceptors (Lipinski definition) is 2. The molecule has 1 aromatic carbocycles. The Labute approximate surface area is 106 Å². The molecule has 0 aromatic heterocycles. The van der Waals surface area contributed by atoms with Crippen LogP contribution in [0.1, 0.15) is 25.0 Å². The number of aliphatic carboxylic acids is 1. The molecule has 3 nitrogen and oxygen atoms in total. The van der Waals surface area contributed by atoms with Gasteiger partial charge in [0.05, 0.1) is 12.5 Å². The minimum atomic E-state index is -0.870. The highest BCUT2D eigenvalue weighted by Crippen LogP contribution is 2.35. The molecule has 0 bridgehead atoms. The lowest BCUT2D eigenvalue weighted by Gasteiger charge is -2.22. The molecule has 0 saturated heterocycles. The van der Waals surface area contributed by atoms with E-state index < -0.39 is 11.4 Å². The summed E-state index contributed by atoms with van der Waals surface area (Å²) in [6.07, 6.45) is 0.339. The van der Waals surface area contributed by atoms with Gasteiger partial charge < -0.3 is 9.84 Å². The summed E-state index contributed by atoms with van der Waals surface area (Å²) in [7, 11) is 1.57. The van der Waals surface area contributed by atoms with Gasteiger partial charge in [0.2, 0.25) is 0 Å². The second kappa shape index (κ2) is 4.96. The van der Waals surface area contributed by atoms with Gasteiger partial charge in [-0.2, -0.15) is 0 Å². The smallest absolute Gasteiger partial charge is 0.309 e. The number of rotatable bonds is 4. The van der Waals surface area contributed by atoms with Crippen LogP contribution in [0.4, 0.5) is 0 Å². The molecule has 0 atom stereocenters. The third-order valence-electron chi connectivity index (χ3n) is 2.80. The van der Waals surface area contributed by atoms with E-state index in [4.69, 9.17) is 21.4 Å². The predicted octanol–water partition coefficient (Wildman–Crippen LogP) is 3.31. The summed E-state index contributed by atoms with van der Waals surface area (Å²) in [5.41, 5.74) is 0.833. The minimum absolute atomic E-state index is 0.339. The zero-order valence-electron chi connectivity index (χ0n) is 10.5. The summed E-state index contributed by atoms with van der Waals surface area (Å²) in [4.78, 5) is 11.1. The van der Waals surface area contributed by atoms with Crippen LogP contribution in [0.25, 0.3) is 0 Å². The summed E-state index contributed by atoms with van der Waals surface area (Å²) in [5.74, 6) is -0.177. The first kappa shape index (κ1) is 13.8. The summed E-state index contributed by atoms with van der Waals surface area (Å²) < 4.78 is 5.31. The molecule has 0 aliphatic carbocycles. The normalized spacial score (nSPS) is 11.4. The number of halogens is 1. The molecule has 94 valence electrons. The second-order valence-corrected chi connectivity index (χ2v) is 5.15. The van der Waals surface area contributed by atoms with Crippen LogP contribution in [0, 0.1) is 12.3 Å². The lowest BCUT2D eigenvalue weighted by molar-refractivity contribution is -0.146. The van der Waals surface area contributed by atoms with Crippen LogP contribution in [0.2, 0.25) is 5.02 Å². The molecule has 0 spiro atoms. The Morgan fingerprint density at radius 2 is 2.06 bits per heavy atom. The van der Waals surface area contributed by atoms with Gasteiger partial charge in [-0.1, -0.05) is 17.7 Å². The molecular weight excluding hydrogens is 240 g/mol. The zero-order chi connectivity index (χ0) is 13.2. The number of carboxylic acids is 1. The molecule has 0 aliphatic heterocycles. The molecule has 1 rings (SSSR count). The molecule has 0 aliphatic rings. The van der Waals surface area contributed by atoms with E-state index in [1.165, 1.54) is 0 Å². The third kappa shape index (κ3) is 2.91. The Hall–Kier alpha value is -1.22. The van der Waals surface area contributed by atoms with Crippen molar-refractivity contribution in [2.75, 3.05) is 7.11 Å². The number of carbonyl (C=O) groups is 1. The largest absolute Gasteiger partial charge is 0.496 e. The van der Waals surface area contributed by atoms with Crippen LogP contribution in [-0.2, 0) is 11.2 Å². The van der Waals surface area contributed by atoms with Crippen molar-refractivity contribution >= 4 is 17.6 Å². The first-order valence-electron chi connectivity index (χ1n) is 5.35. The highest BCUT2D eigenvalue weighted by atomic mass is 35.5. The molecule has 1 aromatic rings. The van der Waals surface area contributed by atoms with E-state index >= 15 is 0 Å². The quantitative estimate of drug-likeness (QED) is 0.899. The van der Waals surface area contributed by atoms with Crippen LogP contribution in [0.15, 0.2) is 12.1 Å². The van der Waals surface area contributed by atoms with Gasteiger partial charge in [0, 0.05) is 10.6 Å². The topological polar surface area (TPSA) is 46.5 Å². The SMILES string of the molecule is COc1c(C)ccc(Cl)c1CC(C)(C)C(=O)O. The number of aryl methyl sites for hydroxylation is 1. The third-order valence-corrected chi connectivity index (χ3v) is 3.16. The molecule has 0 amide bonds. The molecule has 0 saturated carbocycles. The predicted molar refractivity (Wildman–Crippen MR) is 67.9 cm³/mol. The number of hydrogen-bond donors (Lipinski definition) is 1. The summed E-state index contributed by atoms with van der Waals surface area (Å²) in [5, 5.41) is 9.69. The van der Waals surface area contributed by atoms with Gasteiger partial charge >= 0.3 is 5.97 Å². The summed E-state index contributed by atoms with van der Waals surface area (Å²) in [6, 6.07) is 3.63. The maximum absolute atomic E-state index is 11.1. The van der Waals surface area contributed by atoms with Gasteiger partial charge in [-0.3, -0.25) is 4.79 Å². The minimum Gasteiger partial charge on any atom is -0.496 e. The van der Waals surface area contributed by atoms with E-state index in [0.29, 0.717) is 17.2 Å². The molecule has 0 unspecified atom stereocenters. The molecule has 4 heteroatoms. The highest BCUT2D eigenvalue weighted by molar-refractivity contribution is 6.31. The van der Waals surface area contributed by atoms with E-state index in [1.807, 2.05) is 13.0 Å². The van der Waals surface area contributed by atoms with Gasteiger partial charge in [-0.05, 0) is 38.8 Å².